The van der Waals surface area contributed by atoms with Crippen molar-refractivity contribution in [3.8, 4) is 0 Å². The minimum atomic E-state index is -4.56. The first kappa shape index (κ1) is 16.3. The predicted molar refractivity (Wildman–Crippen MR) is 81.5 cm³/mol. The number of benzene rings is 2. The molecule has 1 atom stereocenters. The molecule has 1 heterocycles. The fourth-order valence-electron chi connectivity index (χ4n) is 3.07. The fraction of sp³-hybridized carbons (Fsp3) is 0.375. The number of hydrogen-bond donors (Lipinski definition) is 0. The van der Waals surface area contributed by atoms with Crippen LogP contribution in [0.4, 0.5) is 13.2 Å². The molecule has 2 aromatic rings. The van der Waals surface area contributed by atoms with E-state index in [9.17, 15) is 21.6 Å². The largest absolute Gasteiger partial charge is 0.405 e. The maximum absolute atomic E-state index is 13.2. The maximum Gasteiger partial charge on any atom is 0.405 e. The van der Waals surface area contributed by atoms with Gasteiger partial charge in [0.2, 0.25) is 10.0 Å². The topological polar surface area (TPSA) is 37.4 Å². The lowest BCUT2D eigenvalue weighted by molar-refractivity contribution is -0.177. The van der Waals surface area contributed by atoms with Crippen LogP contribution in [0.25, 0.3) is 10.8 Å². The molecule has 0 spiro atoms. The Morgan fingerprint density at radius 2 is 1.70 bits per heavy atom. The van der Waals surface area contributed by atoms with Crippen molar-refractivity contribution in [3.05, 3.63) is 42.5 Å². The van der Waals surface area contributed by atoms with Gasteiger partial charge in [0.1, 0.15) is 6.04 Å². The molecule has 1 saturated heterocycles. The Balaban J connectivity index is 2.13. The molecule has 7 heteroatoms. The smallest absolute Gasteiger partial charge is 0.207 e. The van der Waals surface area contributed by atoms with Crippen molar-refractivity contribution in [1.29, 1.82) is 0 Å². The molecule has 3 nitrogen and oxygen atoms in total. The van der Waals surface area contributed by atoms with Crippen LogP contribution in [0.3, 0.4) is 0 Å². The van der Waals surface area contributed by atoms with E-state index in [0.717, 1.165) is 0 Å². The van der Waals surface area contributed by atoms with Gasteiger partial charge in [-0.1, -0.05) is 42.8 Å². The summed E-state index contributed by atoms with van der Waals surface area (Å²) in [4.78, 5) is -0.0632. The molecule has 0 N–H and O–H groups in total. The molecule has 1 unspecified atom stereocenters. The summed E-state index contributed by atoms with van der Waals surface area (Å²) in [6.07, 6.45) is -3.92. The number of piperidine rings is 1. The zero-order valence-electron chi connectivity index (χ0n) is 12.3. The molecule has 0 aromatic heterocycles. The lowest BCUT2D eigenvalue weighted by Gasteiger charge is -2.35. The summed E-state index contributed by atoms with van der Waals surface area (Å²) in [6, 6.07) is 9.53. The average molecular weight is 343 g/mol. The molecule has 0 saturated carbocycles. The van der Waals surface area contributed by atoms with E-state index in [1.165, 1.54) is 6.07 Å². The van der Waals surface area contributed by atoms with E-state index in [0.29, 0.717) is 27.9 Å². The second-order valence-corrected chi connectivity index (χ2v) is 7.51. The van der Waals surface area contributed by atoms with Gasteiger partial charge in [-0.2, -0.15) is 17.5 Å². The lowest BCUT2D eigenvalue weighted by atomic mass is 10.0. The average Bonchev–Trinajstić information content (AvgIpc) is 2.53. The molecule has 2 aromatic carbocycles. The SMILES string of the molecule is O=S(=O)(c1cccc2ccccc12)N1CCCCC1C(F)(F)F. The van der Waals surface area contributed by atoms with Gasteiger partial charge in [-0.15, -0.1) is 0 Å². The predicted octanol–water partition coefficient (Wildman–Crippen LogP) is 3.95. The molecule has 0 radical (unpaired) electrons. The van der Waals surface area contributed by atoms with Crippen molar-refractivity contribution in [1.82, 2.24) is 4.31 Å². The Labute approximate surface area is 132 Å². The van der Waals surface area contributed by atoms with Gasteiger partial charge in [-0.3, -0.25) is 0 Å². The van der Waals surface area contributed by atoms with Gasteiger partial charge in [-0.05, 0) is 24.3 Å². The van der Waals surface area contributed by atoms with Crippen molar-refractivity contribution >= 4 is 20.8 Å². The number of hydrogen-bond acceptors (Lipinski definition) is 2. The highest BCUT2D eigenvalue weighted by Crippen LogP contribution is 2.36. The molecule has 1 aliphatic heterocycles. The molecule has 23 heavy (non-hydrogen) atoms. The summed E-state index contributed by atoms with van der Waals surface area (Å²) in [5.74, 6) is 0. The molecule has 1 fully saturated rings. The van der Waals surface area contributed by atoms with E-state index in [1.807, 2.05) is 0 Å². The van der Waals surface area contributed by atoms with Gasteiger partial charge in [0.05, 0.1) is 4.90 Å². The zero-order valence-corrected chi connectivity index (χ0v) is 13.1. The summed E-state index contributed by atoms with van der Waals surface area (Å²) < 4.78 is 66.1. The molecule has 0 bridgehead atoms. The summed E-state index contributed by atoms with van der Waals surface area (Å²) in [5.41, 5.74) is 0. The molecular formula is C16H16F3NO2S. The van der Waals surface area contributed by atoms with Gasteiger partial charge in [0, 0.05) is 11.9 Å². The number of fused-ring (bicyclic) bond motifs is 1. The van der Waals surface area contributed by atoms with Crippen LogP contribution < -0.4 is 0 Å². The van der Waals surface area contributed by atoms with Crippen LogP contribution in [0.2, 0.25) is 0 Å². The van der Waals surface area contributed by atoms with Gasteiger partial charge < -0.3 is 0 Å². The Hall–Kier alpha value is -1.60. The van der Waals surface area contributed by atoms with Crippen molar-refractivity contribution in [2.45, 2.75) is 36.4 Å². The number of sulfonamides is 1. The molecule has 0 aliphatic carbocycles. The Kier molecular flexibility index (Phi) is 4.10. The van der Waals surface area contributed by atoms with E-state index in [-0.39, 0.29) is 17.9 Å². The standard InChI is InChI=1S/C16H16F3NO2S/c17-16(18,19)15-10-3-4-11-20(15)23(21,22)14-9-5-7-12-6-1-2-8-13(12)14/h1-2,5-9,15H,3-4,10-11H2. The van der Waals surface area contributed by atoms with E-state index in [2.05, 4.69) is 0 Å². The summed E-state index contributed by atoms with van der Waals surface area (Å²) in [5, 5.41) is 1.13. The highest BCUT2D eigenvalue weighted by atomic mass is 32.2. The zero-order chi connectivity index (χ0) is 16.7. The van der Waals surface area contributed by atoms with Crippen LogP contribution in [0.5, 0.6) is 0 Å². The first-order valence-electron chi connectivity index (χ1n) is 7.38. The van der Waals surface area contributed by atoms with Crippen LogP contribution in [-0.4, -0.2) is 31.5 Å². The molecular weight excluding hydrogens is 327 g/mol. The van der Waals surface area contributed by atoms with Gasteiger partial charge in [0.15, 0.2) is 0 Å². The van der Waals surface area contributed by atoms with Crippen molar-refractivity contribution in [3.63, 3.8) is 0 Å². The minimum Gasteiger partial charge on any atom is -0.207 e. The number of halogens is 3. The minimum absolute atomic E-state index is 0.0632. The highest BCUT2D eigenvalue weighted by molar-refractivity contribution is 7.89. The van der Waals surface area contributed by atoms with E-state index >= 15 is 0 Å². The second kappa shape index (κ2) is 5.79. The summed E-state index contributed by atoms with van der Waals surface area (Å²) >= 11 is 0. The molecule has 124 valence electrons. The van der Waals surface area contributed by atoms with Crippen LogP contribution in [0.1, 0.15) is 19.3 Å². The number of rotatable bonds is 2. The summed E-state index contributed by atoms with van der Waals surface area (Å²) in [7, 11) is -4.21. The fourth-order valence-corrected chi connectivity index (χ4v) is 4.96. The maximum atomic E-state index is 13.2. The van der Waals surface area contributed by atoms with Crippen molar-refractivity contribution in [2.24, 2.45) is 0 Å². The first-order valence-corrected chi connectivity index (χ1v) is 8.82. The normalized spacial score (nSPS) is 20.7. The van der Waals surface area contributed by atoms with E-state index in [1.54, 1.807) is 36.4 Å². The third kappa shape index (κ3) is 2.95. The van der Waals surface area contributed by atoms with Crippen LogP contribution in [0, 0.1) is 0 Å². The number of nitrogens with zero attached hydrogens (tertiary/aromatic N) is 1. The van der Waals surface area contributed by atoms with Crippen LogP contribution >= 0.6 is 0 Å². The van der Waals surface area contributed by atoms with Gasteiger partial charge in [-0.25, -0.2) is 8.42 Å². The highest BCUT2D eigenvalue weighted by Gasteiger charge is 2.49. The Bertz CT molecular complexity index is 812. The van der Waals surface area contributed by atoms with Crippen molar-refractivity contribution < 1.29 is 21.6 Å². The number of alkyl halides is 3. The molecule has 3 rings (SSSR count). The van der Waals surface area contributed by atoms with Crippen LogP contribution in [0.15, 0.2) is 47.4 Å². The van der Waals surface area contributed by atoms with E-state index < -0.39 is 22.2 Å². The third-order valence-electron chi connectivity index (χ3n) is 4.17. The molecule has 1 aliphatic rings. The van der Waals surface area contributed by atoms with Crippen LogP contribution in [-0.2, 0) is 10.0 Å². The quantitative estimate of drug-likeness (QED) is 0.828. The molecule has 0 amide bonds. The first-order chi connectivity index (χ1) is 10.8. The Morgan fingerprint density at radius 3 is 2.43 bits per heavy atom. The van der Waals surface area contributed by atoms with Gasteiger partial charge >= 0.3 is 6.18 Å². The van der Waals surface area contributed by atoms with Gasteiger partial charge in [0.25, 0.3) is 0 Å². The monoisotopic (exact) mass is 343 g/mol. The van der Waals surface area contributed by atoms with E-state index in [4.69, 9.17) is 0 Å². The third-order valence-corrected chi connectivity index (χ3v) is 6.13. The van der Waals surface area contributed by atoms with Crippen molar-refractivity contribution in [2.75, 3.05) is 6.54 Å². The summed E-state index contributed by atoms with van der Waals surface area (Å²) in [6.45, 7) is -0.101. The Morgan fingerprint density at radius 1 is 1.00 bits per heavy atom. The second-order valence-electron chi connectivity index (χ2n) is 5.65. The lowest BCUT2D eigenvalue weighted by Crippen LogP contribution is -2.51.